The standard InChI is InChI=1S/C23H36N6O5S/c1-3-35(33,34)28-19(15-17-9-5-4-6-10-17)20(31)29-14-8-12-23(29,2)21(32)27-18(16-30)11-7-13-26-22(24)25/h4-6,9-10,16,18-19,28H,3,7-8,11-15H2,1-2H3,(H,27,32)(H4,24,25,26)/t18-,19+,23-/m0/s1. The monoisotopic (exact) mass is 508 g/mol. The van der Waals surface area contributed by atoms with Crippen LogP contribution in [0, 0.1) is 0 Å². The van der Waals surface area contributed by atoms with Gasteiger partial charge in [0.05, 0.1) is 11.8 Å². The van der Waals surface area contributed by atoms with E-state index in [0.29, 0.717) is 45.1 Å². The first-order valence-corrected chi connectivity index (χ1v) is 13.3. The second-order valence-corrected chi connectivity index (χ2v) is 10.8. The van der Waals surface area contributed by atoms with Gasteiger partial charge in [-0.2, -0.15) is 0 Å². The average molecular weight is 509 g/mol. The largest absolute Gasteiger partial charge is 0.370 e. The SMILES string of the molecule is CCS(=O)(=O)N[C@H](Cc1ccccc1)C(=O)N1CCC[C@@]1(C)C(=O)N[C@H](C=O)CCCN=C(N)N. The van der Waals surface area contributed by atoms with Gasteiger partial charge in [0.2, 0.25) is 21.8 Å². The molecule has 2 rings (SSSR count). The van der Waals surface area contributed by atoms with E-state index in [9.17, 15) is 22.8 Å². The molecular weight excluding hydrogens is 472 g/mol. The number of nitrogens with one attached hydrogen (secondary N) is 2. The molecule has 2 amide bonds. The van der Waals surface area contributed by atoms with E-state index in [1.54, 1.807) is 6.92 Å². The Balaban J connectivity index is 2.19. The second kappa shape index (κ2) is 12.6. The summed E-state index contributed by atoms with van der Waals surface area (Å²) in [5.74, 6) is -1.16. The minimum absolute atomic E-state index is 0.0481. The van der Waals surface area contributed by atoms with Crippen LogP contribution in [0.2, 0.25) is 0 Å². The molecule has 0 aliphatic carbocycles. The lowest BCUT2D eigenvalue weighted by atomic mass is 9.95. The molecule has 1 saturated heterocycles. The number of benzene rings is 1. The summed E-state index contributed by atoms with van der Waals surface area (Å²) in [6.45, 7) is 3.76. The Morgan fingerprint density at radius 3 is 2.54 bits per heavy atom. The number of guanidine groups is 1. The van der Waals surface area contributed by atoms with Crippen LogP contribution in [0.25, 0.3) is 0 Å². The number of nitrogens with zero attached hydrogens (tertiary/aromatic N) is 2. The van der Waals surface area contributed by atoms with Gasteiger partial charge in [-0.15, -0.1) is 0 Å². The van der Waals surface area contributed by atoms with Crippen LogP contribution in [0.3, 0.4) is 0 Å². The Morgan fingerprint density at radius 2 is 1.94 bits per heavy atom. The van der Waals surface area contributed by atoms with Gasteiger partial charge in [-0.25, -0.2) is 13.1 Å². The Hall–Kier alpha value is -2.99. The number of rotatable bonds is 13. The van der Waals surface area contributed by atoms with Gasteiger partial charge in [0, 0.05) is 13.1 Å². The van der Waals surface area contributed by atoms with Crippen molar-refractivity contribution in [2.75, 3.05) is 18.8 Å². The van der Waals surface area contributed by atoms with Gasteiger partial charge in [0.15, 0.2) is 5.96 Å². The zero-order valence-corrected chi connectivity index (χ0v) is 21.1. The number of likely N-dealkylation sites (tertiary alicyclic amines) is 1. The normalized spacial score (nSPS) is 19.5. The predicted molar refractivity (Wildman–Crippen MR) is 134 cm³/mol. The molecule has 0 aromatic heterocycles. The lowest BCUT2D eigenvalue weighted by Gasteiger charge is -2.37. The number of aliphatic imine (C=N–C) groups is 1. The van der Waals surface area contributed by atoms with Gasteiger partial charge in [0.25, 0.3) is 0 Å². The summed E-state index contributed by atoms with van der Waals surface area (Å²) in [6, 6.07) is 7.26. The van der Waals surface area contributed by atoms with Crippen LogP contribution < -0.4 is 21.5 Å². The number of carbonyl (C=O) groups is 3. The van der Waals surface area contributed by atoms with Crippen molar-refractivity contribution in [3.8, 4) is 0 Å². The van der Waals surface area contributed by atoms with E-state index in [-0.39, 0.29) is 18.1 Å². The van der Waals surface area contributed by atoms with Gasteiger partial charge in [0.1, 0.15) is 17.9 Å². The molecule has 11 nitrogen and oxygen atoms in total. The van der Waals surface area contributed by atoms with E-state index in [4.69, 9.17) is 11.5 Å². The van der Waals surface area contributed by atoms with Crippen LogP contribution >= 0.6 is 0 Å². The van der Waals surface area contributed by atoms with E-state index in [1.165, 1.54) is 11.8 Å². The van der Waals surface area contributed by atoms with Crippen LogP contribution in [-0.4, -0.2) is 73.8 Å². The van der Waals surface area contributed by atoms with Crippen molar-refractivity contribution in [1.82, 2.24) is 14.9 Å². The van der Waals surface area contributed by atoms with E-state index in [0.717, 1.165) is 5.56 Å². The molecule has 1 aliphatic heterocycles. The zero-order chi connectivity index (χ0) is 26.1. The summed E-state index contributed by atoms with van der Waals surface area (Å²) in [4.78, 5) is 43.7. The molecule has 0 unspecified atom stereocenters. The lowest BCUT2D eigenvalue weighted by molar-refractivity contribution is -0.145. The number of aldehydes is 1. The molecule has 0 radical (unpaired) electrons. The molecule has 35 heavy (non-hydrogen) atoms. The van der Waals surface area contributed by atoms with Gasteiger partial charge < -0.3 is 26.5 Å². The van der Waals surface area contributed by atoms with E-state index < -0.39 is 39.5 Å². The first-order valence-electron chi connectivity index (χ1n) is 11.7. The number of hydrogen-bond acceptors (Lipinski definition) is 6. The van der Waals surface area contributed by atoms with Gasteiger partial charge in [-0.1, -0.05) is 30.3 Å². The van der Waals surface area contributed by atoms with Gasteiger partial charge >= 0.3 is 0 Å². The lowest BCUT2D eigenvalue weighted by Crippen LogP contribution is -2.61. The minimum Gasteiger partial charge on any atom is -0.370 e. The number of sulfonamides is 1. The maximum atomic E-state index is 13.6. The minimum atomic E-state index is -3.69. The Labute approximate surface area is 206 Å². The number of amides is 2. The summed E-state index contributed by atoms with van der Waals surface area (Å²) >= 11 is 0. The predicted octanol–water partition coefficient (Wildman–Crippen LogP) is -0.345. The fraction of sp³-hybridized carbons (Fsp3) is 0.565. The Bertz CT molecular complexity index is 1010. The van der Waals surface area contributed by atoms with Crippen LogP contribution in [0.1, 0.15) is 45.1 Å². The van der Waals surface area contributed by atoms with Crippen molar-refractivity contribution in [2.45, 2.75) is 63.6 Å². The van der Waals surface area contributed by atoms with Crippen LogP contribution in [0.4, 0.5) is 0 Å². The average Bonchev–Trinajstić information content (AvgIpc) is 3.23. The number of carbonyl (C=O) groups excluding carboxylic acids is 3. The first kappa shape index (κ1) is 28.2. The van der Waals surface area contributed by atoms with Crippen molar-refractivity contribution in [3.63, 3.8) is 0 Å². The van der Waals surface area contributed by atoms with Crippen LogP contribution in [-0.2, 0) is 30.8 Å². The first-order chi connectivity index (χ1) is 16.5. The summed E-state index contributed by atoms with van der Waals surface area (Å²) < 4.78 is 27.2. The second-order valence-electron chi connectivity index (χ2n) is 8.80. The molecule has 1 aliphatic rings. The van der Waals surface area contributed by atoms with Crippen LogP contribution in [0.15, 0.2) is 35.3 Å². The quantitative estimate of drug-likeness (QED) is 0.122. The summed E-state index contributed by atoms with van der Waals surface area (Å²) in [7, 11) is -3.69. The van der Waals surface area contributed by atoms with Gasteiger partial charge in [-0.3, -0.25) is 14.6 Å². The maximum Gasteiger partial charge on any atom is 0.246 e. The van der Waals surface area contributed by atoms with Crippen molar-refractivity contribution >= 4 is 34.1 Å². The molecule has 0 bridgehead atoms. The zero-order valence-electron chi connectivity index (χ0n) is 20.3. The van der Waals surface area contributed by atoms with Crippen molar-refractivity contribution in [1.29, 1.82) is 0 Å². The molecule has 0 spiro atoms. The smallest absolute Gasteiger partial charge is 0.246 e. The number of nitrogens with two attached hydrogens (primary N) is 2. The molecule has 1 heterocycles. The van der Waals surface area contributed by atoms with Crippen molar-refractivity contribution < 1.29 is 22.8 Å². The van der Waals surface area contributed by atoms with Gasteiger partial charge in [-0.05, 0) is 51.5 Å². The molecule has 6 N–H and O–H groups in total. The number of hydrogen-bond donors (Lipinski definition) is 4. The third kappa shape index (κ3) is 8.03. The third-order valence-electron chi connectivity index (χ3n) is 6.13. The molecular formula is C23H36N6O5S. The van der Waals surface area contributed by atoms with Crippen LogP contribution in [0.5, 0.6) is 0 Å². The highest BCUT2D eigenvalue weighted by atomic mass is 32.2. The highest BCUT2D eigenvalue weighted by molar-refractivity contribution is 7.89. The van der Waals surface area contributed by atoms with E-state index >= 15 is 0 Å². The highest BCUT2D eigenvalue weighted by Crippen LogP contribution is 2.30. The third-order valence-corrected chi connectivity index (χ3v) is 7.53. The molecule has 12 heteroatoms. The fourth-order valence-corrected chi connectivity index (χ4v) is 4.87. The Morgan fingerprint density at radius 1 is 1.26 bits per heavy atom. The summed E-state index contributed by atoms with van der Waals surface area (Å²) in [6.07, 6.45) is 2.58. The van der Waals surface area contributed by atoms with E-state index in [1.807, 2.05) is 30.3 Å². The maximum absolute atomic E-state index is 13.6. The highest BCUT2D eigenvalue weighted by Gasteiger charge is 2.48. The Kier molecular flexibility index (Phi) is 10.2. The molecule has 1 aromatic rings. The molecule has 1 fully saturated rings. The molecule has 3 atom stereocenters. The molecule has 0 saturated carbocycles. The molecule has 1 aromatic carbocycles. The van der Waals surface area contributed by atoms with Crippen molar-refractivity contribution in [3.05, 3.63) is 35.9 Å². The fourth-order valence-electron chi connectivity index (χ4n) is 4.09. The van der Waals surface area contributed by atoms with E-state index in [2.05, 4.69) is 15.0 Å². The summed E-state index contributed by atoms with van der Waals surface area (Å²) in [5.41, 5.74) is 10.2. The topological polar surface area (TPSA) is 177 Å². The van der Waals surface area contributed by atoms with Crippen molar-refractivity contribution in [2.24, 2.45) is 16.5 Å². The summed E-state index contributed by atoms with van der Waals surface area (Å²) in [5, 5.41) is 2.72. The molecule has 194 valence electrons.